The van der Waals surface area contributed by atoms with E-state index >= 15 is 0 Å². The standard InChI is InChI=1S/C20H24N4O/c25-20(23-19(16-8-9-16)15-5-2-1-3-6-15)17-7-4-12-24(14-17)18-13-21-10-11-22-18/h1-3,5-6,10-11,13,16-17,19H,4,7-9,12,14H2,(H,23,25). The summed E-state index contributed by atoms with van der Waals surface area (Å²) < 4.78 is 0. The second kappa shape index (κ2) is 7.21. The van der Waals surface area contributed by atoms with Crippen molar-refractivity contribution in [3.8, 4) is 0 Å². The minimum absolute atomic E-state index is 0.0146. The molecule has 2 aliphatic rings. The van der Waals surface area contributed by atoms with Crippen molar-refractivity contribution in [3.05, 3.63) is 54.5 Å². The normalized spacial score (nSPS) is 21.6. The maximum absolute atomic E-state index is 12.9. The van der Waals surface area contributed by atoms with Gasteiger partial charge in [-0.25, -0.2) is 4.98 Å². The SMILES string of the molecule is O=C(NC(c1ccccc1)C1CC1)C1CCCN(c2cnccn2)C1. The van der Waals surface area contributed by atoms with Crippen LogP contribution in [-0.4, -0.2) is 29.0 Å². The Kier molecular flexibility index (Phi) is 4.63. The molecule has 1 amide bonds. The van der Waals surface area contributed by atoms with Gasteiger partial charge in [-0.15, -0.1) is 0 Å². The lowest BCUT2D eigenvalue weighted by Gasteiger charge is -2.33. The van der Waals surface area contributed by atoms with E-state index in [4.69, 9.17) is 0 Å². The molecule has 2 fully saturated rings. The number of nitrogens with one attached hydrogen (secondary N) is 1. The lowest BCUT2D eigenvalue weighted by molar-refractivity contribution is -0.126. The van der Waals surface area contributed by atoms with E-state index in [1.807, 2.05) is 18.2 Å². The zero-order valence-electron chi connectivity index (χ0n) is 14.3. The van der Waals surface area contributed by atoms with Crippen molar-refractivity contribution in [1.29, 1.82) is 0 Å². The van der Waals surface area contributed by atoms with Crippen LogP contribution in [0.15, 0.2) is 48.9 Å². The molecule has 0 spiro atoms. The van der Waals surface area contributed by atoms with Gasteiger partial charge in [-0.2, -0.15) is 0 Å². The summed E-state index contributed by atoms with van der Waals surface area (Å²) in [6, 6.07) is 10.5. The number of carbonyl (C=O) groups is 1. The van der Waals surface area contributed by atoms with E-state index in [1.165, 1.54) is 18.4 Å². The monoisotopic (exact) mass is 336 g/mol. The van der Waals surface area contributed by atoms with Gasteiger partial charge in [0.15, 0.2) is 0 Å². The topological polar surface area (TPSA) is 58.1 Å². The molecule has 1 saturated heterocycles. The molecule has 1 aromatic carbocycles. The lowest BCUT2D eigenvalue weighted by atomic mass is 9.95. The first-order chi connectivity index (χ1) is 12.3. The molecule has 5 nitrogen and oxygen atoms in total. The highest BCUT2D eigenvalue weighted by Crippen LogP contribution is 2.41. The number of aromatic nitrogens is 2. The molecule has 2 aromatic rings. The molecule has 5 heteroatoms. The minimum Gasteiger partial charge on any atom is -0.355 e. The Morgan fingerprint density at radius 1 is 1.16 bits per heavy atom. The fourth-order valence-electron chi connectivity index (χ4n) is 3.69. The highest BCUT2D eigenvalue weighted by Gasteiger charge is 2.35. The van der Waals surface area contributed by atoms with E-state index in [9.17, 15) is 4.79 Å². The van der Waals surface area contributed by atoms with Crippen LogP contribution in [0.2, 0.25) is 0 Å². The summed E-state index contributed by atoms with van der Waals surface area (Å²) in [5, 5.41) is 3.34. The first-order valence-electron chi connectivity index (χ1n) is 9.17. The Balaban J connectivity index is 1.43. The molecule has 25 heavy (non-hydrogen) atoms. The molecule has 1 N–H and O–H groups in total. The zero-order chi connectivity index (χ0) is 17.1. The number of piperidine rings is 1. The van der Waals surface area contributed by atoms with E-state index < -0.39 is 0 Å². The predicted octanol–water partition coefficient (Wildman–Crippen LogP) is 2.96. The maximum Gasteiger partial charge on any atom is 0.225 e. The molecular formula is C20H24N4O. The highest BCUT2D eigenvalue weighted by molar-refractivity contribution is 5.80. The number of nitrogens with zero attached hydrogens (tertiary/aromatic N) is 3. The predicted molar refractivity (Wildman–Crippen MR) is 97.0 cm³/mol. The second-order valence-electron chi connectivity index (χ2n) is 7.08. The molecule has 1 aromatic heterocycles. The molecular weight excluding hydrogens is 312 g/mol. The summed E-state index contributed by atoms with van der Waals surface area (Å²) in [7, 11) is 0. The van der Waals surface area contributed by atoms with Crippen molar-refractivity contribution in [2.45, 2.75) is 31.7 Å². The summed E-state index contributed by atoms with van der Waals surface area (Å²) in [6.07, 6.45) is 9.52. The van der Waals surface area contributed by atoms with Crippen LogP contribution in [0.5, 0.6) is 0 Å². The van der Waals surface area contributed by atoms with Crippen LogP contribution in [0.3, 0.4) is 0 Å². The number of benzene rings is 1. The van der Waals surface area contributed by atoms with Gasteiger partial charge in [-0.1, -0.05) is 30.3 Å². The van der Waals surface area contributed by atoms with Gasteiger partial charge in [-0.05, 0) is 37.2 Å². The summed E-state index contributed by atoms with van der Waals surface area (Å²) in [4.78, 5) is 23.6. The van der Waals surface area contributed by atoms with E-state index in [1.54, 1.807) is 18.6 Å². The van der Waals surface area contributed by atoms with Crippen LogP contribution in [-0.2, 0) is 4.79 Å². The molecule has 0 bridgehead atoms. The third-order valence-electron chi connectivity index (χ3n) is 5.22. The van der Waals surface area contributed by atoms with Gasteiger partial charge >= 0.3 is 0 Å². The van der Waals surface area contributed by atoms with Gasteiger partial charge in [-0.3, -0.25) is 9.78 Å². The Morgan fingerprint density at radius 3 is 2.72 bits per heavy atom. The van der Waals surface area contributed by atoms with Crippen LogP contribution in [0.4, 0.5) is 5.82 Å². The third kappa shape index (κ3) is 3.81. The van der Waals surface area contributed by atoms with Crippen LogP contribution < -0.4 is 10.2 Å². The largest absolute Gasteiger partial charge is 0.355 e. The quantitative estimate of drug-likeness (QED) is 0.912. The summed E-state index contributed by atoms with van der Waals surface area (Å²) >= 11 is 0. The van der Waals surface area contributed by atoms with Crippen LogP contribution >= 0.6 is 0 Å². The Bertz CT molecular complexity index is 702. The number of amides is 1. The Labute approximate surface area is 148 Å². The molecule has 130 valence electrons. The molecule has 1 aliphatic carbocycles. The number of hydrogen-bond acceptors (Lipinski definition) is 4. The van der Waals surface area contributed by atoms with Gasteiger partial charge in [0.2, 0.25) is 5.91 Å². The molecule has 2 atom stereocenters. The Morgan fingerprint density at radius 2 is 2.00 bits per heavy atom. The lowest BCUT2D eigenvalue weighted by Crippen LogP contribution is -2.44. The van der Waals surface area contributed by atoms with Crippen molar-refractivity contribution in [2.75, 3.05) is 18.0 Å². The number of rotatable bonds is 5. The average Bonchev–Trinajstić information content (AvgIpc) is 3.52. The first kappa shape index (κ1) is 16.1. The number of carbonyl (C=O) groups excluding carboxylic acids is 1. The fourth-order valence-corrected chi connectivity index (χ4v) is 3.69. The van der Waals surface area contributed by atoms with E-state index in [-0.39, 0.29) is 17.9 Å². The van der Waals surface area contributed by atoms with Gasteiger partial charge in [0.1, 0.15) is 5.82 Å². The van der Waals surface area contributed by atoms with Gasteiger partial charge in [0.05, 0.1) is 18.2 Å². The minimum atomic E-state index is 0.0146. The molecule has 1 aliphatic heterocycles. The number of hydrogen-bond donors (Lipinski definition) is 1. The second-order valence-corrected chi connectivity index (χ2v) is 7.08. The van der Waals surface area contributed by atoms with Gasteiger partial charge < -0.3 is 10.2 Å². The average molecular weight is 336 g/mol. The fraction of sp³-hybridized carbons (Fsp3) is 0.450. The van der Waals surface area contributed by atoms with Crippen LogP contribution in [0, 0.1) is 11.8 Å². The van der Waals surface area contributed by atoms with Gasteiger partial charge in [0, 0.05) is 25.5 Å². The van der Waals surface area contributed by atoms with E-state index in [2.05, 4.69) is 32.3 Å². The molecule has 2 unspecified atom stereocenters. The van der Waals surface area contributed by atoms with Crippen molar-refractivity contribution in [3.63, 3.8) is 0 Å². The summed E-state index contributed by atoms with van der Waals surface area (Å²) in [6.45, 7) is 1.66. The molecule has 2 heterocycles. The third-order valence-corrected chi connectivity index (χ3v) is 5.22. The number of anilines is 1. The molecule has 0 radical (unpaired) electrons. The highest BCUT2D eigenvalue weighted by atomic mass is 16.2. The Hall–Kier alpha value is -2.43. The smallest absolute Gasteiger partial charge is 0.225 e. The van der Waals surface area contributed by atoms with Crippen molar-refractivity contribution in [2.24, 2.45) is 11.8 Å². The van der Waals surface area contributed by atoms with Gasteiger partial charge in [0.25, 0.3) is 0 Å². The first-order valence-corrected chi connectivity index (χ1v) is 9.17. The summed E-state index contributed by atoms with van der Waals surface area (Å²) in [5.74, 6) is 1.64. The van der Waals surface area contributed by atoms with Crippen LogP contribution in [0.1, 0.15) is 37.3 Å². The zero-order valence-corrected chi connectivity index (χ0v) is 14.3. The van der Waals surface area contributed by atoms with Crippen molar-refractivity contribution >= 4 is 11.7 Å². The maximum atomic E-state index is 12.9. The van der Waals surface area contributed by atoms with E-state index in [0.29, 0.717) is 5.92 Å². The molecule has 1 saturated carbocycles. The van der Waals surface area contributed by atoms with E-state index in [0.717, 1.165) is 31.7 Å². The van der Waals surface area contributed by atoms with Crippen molar-refractivity contribution in [1.82, 2.24) is 15.3 Å². The summed E-state index contributed by atoms with van der Waals surface area (Å²) in [5.41, 5.74) is 1.22. The van der Waals surface area contributed by atoms with Crippen LogP contribution in [0.25, 0.3) is 0 Å². The molecule has 4 rings (SSSR count). The van der Waals surface area contributed by atoms with Crippen molar-refractivity contribution < 1.29 is 4.79 Å².